The molecule has 0 spiro atoms. The van der Waals surface area contributed by atoms with E-state index >= 15 is 0 Å². The minimum Gasteiger partial charge on any atom is -0.387 e. The van der Waals surface area contributed by atoms with Crippen LogP contribution in [0.25, 0.3) is 0 Å². The summed E-state index contributed by atoms with van der Waals surface area (Å²) in [6.07, 6.45) is 7.69. The summed E-state index contributed by atoms with van der Waals surface area (Å²) in [5.41, 5.74) is 7.43. The molecule has 3 fully saturated rings. The van der Waals surface area contributed by atoms with Gasteiger partial charge in [-0.25, -0.2) is 0 Å². The average molecular weight is 357 g/mol. The minimum atomic E-state index is -0.737. The van der Waals surface area contributed by atoms with E-state index in [1.807, 2.05) is 18.2 Å². The zero-order valence-corrected chi connectivity index (χ0v) is 16.1. The quantitative estimate of drug-likeness (QED) is 0.871. The van der Waals surface area contributed by atoms with Crippen molar-refractivity contribution in [3.8, 4) is 0 Å². The molecule has 142 valence electrons. The summed E-state index contributed by atoms with van der Waals surface area (Å²) in [5, 5.41) is 12.1. The molecule has 3 atom stereocenters. The third-order valence-corrected chi connectivity index (χ3v) is 7.53. The number of nitrogens with two attached hydrogens (primary N) is 1. The Balaban J connectivity index is 1.77. The maximum atomic E-state index is 12.1. The Labute approximate surface area is 156 Å². The summed E-state index contributed by atoms with van der Waals surface area (Å²) in [4.78, 5) is 14.3. The number of likely N-dealkylation sites (tertiary alicyclic amines) is 1. The maximum Gasteiger partial charge on any atom is 0.248 e. The van der Waals surface area contributed by atoms with Gasteiger partial charge in [0.05, 0.1) is 5.60 Å². The van der Waals surface area contributed by atoms with Gasteiger partial charge in [-0.05, 0) is 81.7 Å². The van der Waals surface area contributed by atoms with Crippen LogP contribution in [0.15, 0.2) is 18.2 Å². The highest BCUT2D eigenvalue weighted by atomic mass is 16.3. The Morgan fingerprint density at radius 3 is 2.69 bits per heavy atom. The number of aryl methyl sites for hydroxylation is 1. The van der Waals surface area contributed by atoms with E-state index in [0.29, 0.717) is 5.56 Å². The van der Waals surface area contributed by atoms with Crippen LogP contribution in [0, 0.1) is 12.8 Å². The largest absolute Gasteiger partial charge is 0.387 e. The number of carbonyl (C=O) groups is 1. The van der Waals surface area contributed by atoms with Gasteiger partial charge in [0.15, 0.2) is 0 Å². The predicted octanol–water partition coefficient (Wildman–Crippen LogP) is 3.14. The van der Waals surface area contributed by atoms with Crippen LogP contribution in [0.1, 0.15) is 73.4 Å². The molecule has 2 aliphatic carbocycles. The number of piperidine rings is 1. The molecule has 0 bridgehead atoms. The number of primary amides is 1. The summed E-state index contributed by atoms with van der Waals surface area (Å²) in [7, 11) is 0. The van der Waals surface area contributed by atoms with E-state index in [-0.39, 0.29) is 17.4 Å². The van der Waals surface area contributed by atoms with E-state index in [9.17, 15) is 9.90 Å². The van der Waals surface area contributed by atoms with Crippen molar-refractivity contribution in [1.29, 1.82) is 0 Å². The monoisotopic (exact) mass is 356 g/mol. The normalized spacial score (nSPS) is 35.1. The van der Waals surface area contributed by atoms with Crippen LogP contribution in [0.4, 0.5) is 0 Å². The van der Waals surface area contributed by atoms with Crippen LogP contribution < -0.4 is 5.73 Å². The lowest BCUT2D eigenvalue weighted by atomic mass is 9.53. The Morgan fingerprint density at radius 2 is 2.00 bits per heavy atom. The molecule has 4 rings (SSSR count). The number of hydrogen-bond donors (Lipinski definition) is 2. The van der Waals surface area contributed by atoms with E-state index < -0.39 is 5.60 Å². The molecule has 2 saturated carbocycles. The Morgan fingerprint density at radius 1 is 1.27 bits per heavy atom. The third kappa shape index (κ3) is 2.69. The zero-order valence-electron chi connectivity index (χ0n) is 16.1. The van der Waals surface area contributed by atoms with Crippen LogP contribution in [-0.4, -0.2) is 40.6 Å². The molecule has 1 aromatic carbocycles. The number of hydrogen-bond acceptors (Lipinski definition) is 3. The van der Waals surface area contributed by atoms with Crippen LogP contribution >= 0.6 is 0 Å². The molecule has 3 N–H and O–H groups in total. The Kier molecular flexibility index (Phi) is 4.39. The van der Waals surface area contributed by atoms with Crippen molar-refractivity contribution in [2.24, 2.45) is 11.7 Å². The third-order valence-electron chi connectivity index (χ3n) is 7.53. The summed E-state index contributed by atoms with van der Waals surface area (Å²) >= 11 is 0. The van der Waals surface area contributed by atoms with E-state index in [1.54, 1.807) is 0 Å². The number of rotatable bonds is 4. The molecular formula is C22H32N2O2. The van der Waals surface area contributed by atoms with Gasteiger partial charge in [-0.15, -0.1) is 0 Å². The van der Waals surface area contributed by atoms with Crippen molar-refractivity contribution in [1.82, 2.24) is 4.90 Å². The summed E-state index contributed by atoms with van der Waals surface area (Å²) in [6, 6.07) is 5.93. The molecule has 4 heteroatoms. The smallest absolute Gasteiger partial charge is 0.248 e. The number of fused-ring (bicyclic) bond motifs is 1. The second-order valence-corrected chi connectivity index (χ2v) is 8.97. The van der Waals surface area contributed by atoms with Gasteiger partial charge >= 0.3 is 0 Å². The van der Waals surface area contributed by atoms with Gasteiger partial charge in [0.25, 0.3) is 0 Å². The number of aliphatic hydroxyl groups is 1. The molecule has 1 amide bonds. The first kappa shape index (κ1) is 18.0. The fraction of sp³-hybridized carbons (Fsp3) is 0.682. The number of amides is 1. The SMILES string of the molecule is Cc1ccc(C(N)=O)cc1[C@@]12CCCC[C@@]1(O)[C@@H](C)N(CC1CC1)CC2. The van der Waals surface area contributed by atoms with Crippen LogP contribution in [0.3, 0.4) is 0 Å². The molecular weight excluding hydrogens is 324 g/mol. The number of benzene rings is 1. The molecule has 0 unspecified atom stereocenters. The number of carbonyl (C=O) groups excluding carboxylic acids is 1. The Hall–Kier alpha value is -1.39. The van der Waals surface area contributed by atoms with E-state index in [1.165, 1.54) is 12.8 Å². The van der Waals surface area contributed by atoms with E-state index in [2.05, 4.69) is 18.7 Å². The molecule has 26 heavy (non-hydrogen) atoms. The first-order valence-electron chi connectivity index (χ1n) is 10.2. The highest BCUT2D eigenvalue weighted by Crippen LogP contribution is 2.55. The molecule has 4 nitrogen and oxygen atoms in total. The molecule has 1 aromatic rings. The molecule has 1 heterocycles. The highest BCUT2D eigenvalue weighted by molar-refractivity contribution is 5.93. The van der Waals surface area contributed by atoms with Crippen molar-refractivity contribution in [2.45, 2.75) is 75.9 Å². The first-order valence-corrected chi connectivity index (χ1v) is 10.2. The Bertz CT molecular complexity index is 714. The van der Waals surface area contributed by atoms with Gasteiger partial charge in [-0.3, -0.25) is 9.69 Å². The maximum absolute atomic E-state index is 12.1. The highest BCUT2D eigenvalue weighted by Gasteiger charge is 2.59. The first-order chi connectivity index (χ1) is 12.4. The van der Waals surface area contributed by atoms with Crippen molar-refractivity contribution in [2.75, 3.05) is 13.1 Å². The van der Waals surface area contributed by atoms with Gasteiger partial charge in [-0.2, -0.15) is 0 Å². The second kappa shape index (κ2) is 6.35. The minimum absolute atomic E-state index is 0.147. The van der Waals surface area contributed by atoms with E-state index in [0.717, 1.165) is 62.2 Å². The van der Waals surface area contributed by atoms with Crippen LogP contribution in [0.5, 0.6) is 0 Å². The molecule has 0 radical (unpaired) electrons. The van der Waals surface area contributed by atoms with Crippen molar-refractivity contribution < 1.29 is 9.90 Å². The average Bonchev–Trinajstić information content (AvgIpc) is 3.43. The van der Waals surface area contributed by atoms with Gasteiger partial charge < -0.3 is 10.8 Å². The van der Waals surface area contributed by atoms with Crippen molar-refractivity contribution in [3.63, 3.8) is 0 Å². The molecule has 1 aliphatic heterocycles. The fourth-order valence-electron chi connectivity index (χ4n) is 5.73. The topological polar surface area (TPSA) is 66.6 Å². The summed E-state index contributed by atoms with van der Waals surface area (Å²) in [6.45, 7) is 6.47. The molecule has 0 aromatic heterocycles. The van der Waals surface area contributed by atoms with E-state index in [4.69, 9.17) is 5.73 Å². The van der Waals surface area contributed by atoms with Gasteiger partial charge in [0.1, 0.15) is 0 Å². The molecule has 1 saturated heterocycles. The predicted molar refractivity (Wildman–Crippen MR) is 103 cm³/mol. The zero-order chi connectivity index (χ0) is 18.5. The van der Waals surface area contributed by atoms with Crippen LogP contribution in [-0.2, 0) is 5.41 Å². The standard InChI is InChI=1S/C22H32N2O2/c1-15-5-8-18(20(23)25)13-19(15)21-9-3-4-10-22(21,26)16(2)24(12-11-21)14-17-6-7-17/h5,8,13,16-17,26H,3-4,6-7,9-12,14H2,1-2H3,(H2,23,25)/t16-,21+,22-/m1/s1. The van der Waals surface area contributed by atoms with Crippen molar-refractivity contribution >= 4 is 5.91 Å². The van der Waals surface area contributed by atoms with Gasteiger partial charge in [0.2, 0.25) is 5.91 Å². The van der Waals surface area contributed by atoms with Gasteiger partial charge in [0, 0.05) is 23.6 Å². The van der Waals surface area contributed by atoms with Crippen molar-refractivity contribution in [3.05, 3.63) is 34.9 Å². The lowest BCUT2D eigenvalue weighted by Crippen LogP contribution is -2.69. The number of nitrogens with zero attached hydrogens (tertiary/aromatic N) is 1. The fourth-order valence-corrected chi connectivity index (χ4v) is 5.73. The summed E-state index contributed by atoms with van der Waals surface area (Å²) in [5.74, 6) is 0.443. The lowest BCUT2D eigenvalue weighted by Gasteiger charge is -2.60. The molecule has 3 aliphatic rings. The van der Waals surface area contributed by atoms with Crippen LogP contribution in [0.2, 0.25) is 0 Å². The lowest BCUT2D eigenvalue weighted by molar-refractivity contribution is -0.154. The van der Waals surface area contributed by atoms with Gasteiger partial charge in [-0.1, -0.05) is 18.9 Å². The second-order valence-electron chi connectivity index (χ2n) is 8.97. The summed E-state index contributed by atoms with van der Waals surface area (Å²) < 4.78 is 0.